The molecule has 0 fully saturated rings. The first-order valence-electron chi connectivity index (χ1n) is 10.4. The van der Waals surface area contributed by atoms with E-state index in [1.54, 1.807) is 24.3 Å². The van der Waals surface area contributed by atoms with Crippen LogP contribution in [0.25, 0.3) is 0 Å². The molecule has 3 rings (SSSR count). The van der Waals surface area contributed by atoms with Gasteiger partial charge in [-0.1, -0.05) is 15.9 Å². The van der Waals surface area contributed by atoms with Crippen LogP contribution in [0.15, 0.2) is 36.4 Å². The van der Waals surface area contributed by atoms with Gasteiger partial charge in [0.1, 0.15) is 14.6 Å². The maximum atomic E-state index is 11.4. The van der Waals surface area contributed by atoms with Crippen LogP contribution in [0.5, 0.6) is 0 Å². The smallest absolute Gasteiger partial charge is 0.348 e. The second-order valence-electron chi connectivity index (χ2n) is 7.43. The van der Waals surface area contributed by atoms with Crippen molar-refractivity contribution in [2.75, 3.05) is 0 Å². The minimum atomic E-state index is -0.840. The third kappa shape index (κ3) is 11.4. The van der Waals surface area contributed by atoms with Crippen LogP contribution < -0.4 is 0 Å². The molecule has 186 valence electrons. The Balaban J connectivity index is 0.000000259. The number of carbonyl (C=O) groups is 3. The summed E-state index contributed by atoms with van der Waals surface area (Å²) in [6, 6.07) is 10.9. The summed E-state index contributed by atoms with van der Waals surface area (Å²) in [5.74, 6) is -1.29. The van der Waals surface area contributed by atoms with Gasteiger partial charge < -0.3 is 14.6 Å². The summed E-state index contributed by atoms with van der Waals surface area (Å²) in [5.41, 5.74) is 0. The van der Waals surface area contributed by atoms with E-state index in [0.717, 1.165) is 20.0 Å². The number of esters is 2. The molecule has 0 spiro atoms. The zero-order chi connectivity index (χ0) is 25.8. The minimum absolute atomic E-state index is 0.0418. The highest BCUT2D eigenvalue weighted by Gasteiger charge is 2.12. The quantitative estimate of drug-likeness (QED) is 0.236. The number of alkyl halides is 1. The van der Waals surface area contributed by atoms with Crippen molar-refractivity contribution in [3.05, 3.63) is 65.7 Å². The molecule has 0 saturated carbocycles. The number of aromatic carboxylic acids is 1. The fourth-order valence-electron chi connectivity index (χ4n) is 2.20. The van der Waals surface area contributed by atoms with Gasteiger partial charge in [-0.15, -0.1) is 34.0 Å². The summed E-state index contributed by atoms with van der Waals surface area (Å²) in [4.78, 5) is 37.9. The lowest BCUT2D eigenvalue weighted by molar-refractivity contribution is 0.0373. The SMILES string of the molecule is CC(C)OC(=O)c1ccc(CBr)s1.Cc1ccc(C(=O)O)s1.Cc1ccc(C(=O)OC(C)C)s1. The first-order valence-corrected chi connectivity index (χ1v) is 13.9. The molecule has 0 aliphatic heterocycles. The molecule has 0 aliphatic rings. The minimum Gasteiger partial charge on any atom is -0.477 e. The van der Waals surface area contributed by atoms with Crippen LogP contribution in [0, 0.1) is 13.8 Å². The summed E-state index contributed by atoms with van der Waals surface area (Å²) in [6.45, 7) is 11.2. The molecule has 34 heavy (non-hydrogen) atoms. The summed E-state index contributed by atoms with van der Waals surface area (Å²) in [6.07, 6.45) is -0.0954. The molecule has 6 nitrogen and oxygen atoms in total. The van der Waals surface area contributed by atoms with Crippen LogP contribution in [0.1, 0.15) is 71.3 Å². The van der Waals surface area contributed by atoms with Crippen molar-refractivity contribution in [1.82, 2.24) is 0 Å². The Kier molecular flexibility index (Phi) is 13.3. The van der Waals surface area contributed by atoms with E-state index in [4.69, 9.17) is 14.6 Å². The van der Waals surface area contributed by atoms with Gasteiger partial charge in [0.15, 0.2) is 0 Å². The van der Waals surface area contributed by atoms with Crippen LogP contribution in [0.3, 0.4) is 0 Å². The van der Waals surface area contributed by atoms with E-state index >= 15 is 0 Å². The Morgan fingerprint density at radius 3 is 1.47 bits per heavy atom. The second kappa shape index (κ2) is 15.1. The summed E-state index contributed by atoms with van der Waals surface area (Å²) in [7, 11) is 0. The molecule has 0 aliphatic carbocycles. The molecule has 3 heterocycles. The van der Waals surface area contributed by atoms with Crippen molar-refractivity contribution < 1.29 is 29.0 Å². The second-order valence-corrected chi connectivity index (χ2v) is 11.7. The predicted molar refractivity (Wildman–Crippen MR) is 143 cm³/mol. The molecule has 3 aromatic heterocycles. The van der Waals surface area contributed by atoms with Crippen LogP contribution in [-0.4, -0.2) is 35.2 Å². The van der Waals surface area contributed by atoms with Gasteiger partial charge in [-0.05, 0) is 77.9 Å². The number of ether oxygens (including phenoxy) is 2. The van der Waals surface area contributed by atoms with Crippen LogP contribution in [0.4, 0.5) is 0 Å². The van der Waals surface area contributed by atoms with Crippen molar-refractivity contribution in [3.8, 4) is 0 Å². The van der Waals surface area contributed by atoms with Crippen LogP contribution in [-0.2, 0) is 14.8 Å². The third-order valence-corrected chi connectivity index (χ3v) is 7.58. The van der Waals surface area contributed by atoms with Crippen LogP contribution in [0.2, 0.25) is 0 Å². The Labute approximate surface area is 220 Å². The van der Waals surface area contributed by atoms with E-state index in [9.17, 15) is 14.4 Å². The fourth-order valence-corrected chi connectivity index (χ4v) is 4.93. The Bertz CT molecular complexity index is 1060. The molecule has 0 radical (unpaired) electrons. The van der Waals surface area contributed by atoms with E-state index in [0.29, 0.717) is 14.6 Å². The van der Waals surface area contributed by atoms with Gasteiger partial charge in [0.05, 0.1) is 12.2 Å². The number of carboxylic acids is 1. The molecule has 0 unspecified atom stereocenters. The topological polar surface area (TPSA) is 89.9 Å². The molecule has 1 N–H and O–H groups in total. The van der Waals surface area contributed by atoms with E-state index in [1.807, 2.05) is 53.7 Å². The summed E-state index contributed by atoms with van der Waals surface area (Å²) in [5, 5.41) is 9.19. The highest BCUT2D eigenvalue weighted by Crippen LogP contribution is 2.20. The Morgan fingerprint density at radius 2 is 1.18 bits per heavy atom. The van der Waals surface area contributed by atoms with Crippen molar-refractivity contribution in [1.29, 1.82) is 0 Å². The van der Waals surface area contributed by atoms with E-state index in [-0.39, 0.29) is 24.1 Å². The molecule has 0 amide bonds. The number of carbonyl (C=O) groups excluding carboxylic acids is 2. The van der Waals surface area contributed by atoms with E-state index < -0.39 is 5.97 Å². The number of hydrogen-bond acceptors (Lipinski definition) is 8. The van der Waals surface area contributed by atoms with E-state index in [1.165, 1.54) is 34.0 Å². The monoisotopic (exact) mass is 588 g/mol. The predicted octanol–water partition coefficient (Wildman–Crippen LogP) is 7.58. The zero-order valence-corrected chi connectivity index (χ0v) is 24.0. The number of aryl methyl sites for hydroxylation is 2. The maximum Gasteiger partial charge on any atom is 0.348 e. The number of hydrogen-bond donors (Lipinski definition) is 1. The van der Waals surface area contributed by atoms with Crippen molar-refractivity contribution >= 4 is 67.8 Å². The highest BCUT2D eigenvalue weighted by atomic mass is 79.9. The summed E-state index contributed by atoms with van der Waals surface area (Å²) >= 11 is 7.55. The lowest BCUT2D eigenvalue weighted by Gasteiger charge is -2.05. The normalized spacial score (nSPS) is 10.1. The first-order chi connectivity index (χ1) is 15.9. The molecule has 0 saturated heterocycles. The molecule has 10 heteroatoms. The highest BCUT2D eigenvalue weighted by molar-refractivity contribution is 9.08. The maximum absolute atomic E-state index is 11.4. The van der Waals surface area contributed by atoms with Crippen molar-refractivity contribution in [2.24, 2.45) is 0 Å². The molecular weight excluding hydrogens is 560 g/mol. The number of halogens is 1. The molecule has 0 aromatic carbocycles. The fraction of sp³-hybridized carbons (Fsp3) is 0.375. The average molecular weight is 590 g/mol. The lowest BCUT2D eigenvalue weighted by Crippen LogP contribution is -2.09. The van der Waals surface area contributed by atoms with Gasteiger partial charge in [-0.3, -0.25) is 0 Å². The third-order valence-electron chi connectivity index (χ3n) is 3.57. The molecular formula is C24H29BrO6S3. The van der Waals surface area contributed by atoms with Gasteiger partial charge in [0, 0.05) is 20.0 Å². The first kappa shape index (κ1) is 30.0. The lowest BCUT2D eigenvalue weighted by atomic mass is 10.4. The Hall–Kier alpha value is -2.01. The average Bonchev–Trinajstić information content (AvgIpc) is 3.48. The molecule has 3 aromatic rings. The van der Waals surface area contributed by atoms with Gasteiger partial charge in [-0.2, -0.15) is 0 Å². The van der Waals surface area contributed by atoms with Gasteiger partial charge in [-0.25, -0.2) is 14.4 Å². The van der Waals surface area contributed by atoms with Crippen molar-refractivity contribution in [2.45, 2.75) is 59.1 Å². The standard InChI is InChI=1S/C9H11BrO2S.C9H12O2S.C6H6O2S/c1-6(2)12-9(11)8-4-3-7(5-10)13-8;1-6(2)11-9(10)8-5-4-7(3)12-8;1-4-2-3-5(9-4)6(7)8/h3-4,6H,5H2,1-2H3;4-6H,1-3H3;2-3H,1H3,(H,7,8). The van der Waals surface area contributed by atoms with Crippen molar-refractivity contribution in [3.63, 3.8) is 0 Å². The van der Waals surface area contributed by atoms with Crippen LogP contribution >= 0.6 is 49.9 Å². The number of rotatable bonds is 6. The summed E-state index contributed by atoms with van der Waals surface area (Å²) < 4.78 is 10.1. The largest absolute Gasteiger partial charge is 0.477 e. The Morgan fingerprint density at radius 1 is 0.765 bits per heavy atom. The van der Waals surface area contributed by atoms with Gasteiger partial charge >= 0.3 is 17.9 Å². The number of thiophene rings is 3. The van der Waals surface area contributed by atoms with Gasteiger partial charge in [0.25, 0.3) is 0 Å². The zero-order valence-electron chi connectivity index (χ0n) is 19.9. The number of carboxylic acid groups (broad SMARTS) is 1. The molecule has 0 atom stereocenters. The van der Waals surface area contributed by atoms with E-state index in [2.05, 4.69) is 15.9 Å². The molecule has 0 bridgehead atoms. The van der Waals surface area contributed by atoms with Gasteiger partial charge in [0.2, 0.25) is 0 Å².